The number of hydrogen-bond acceptors (Lipinski definition) is 3. The lowest BCUT2D eigenvalue weighted by molar-refractivity contribution is 0.306. The van der Waals surface area contributed by atoms with E-state index >= 15 is 0 Å². The van der Waals surface area contributed by atoms with E-state index in [4.69, 9.17) is 4.74 Å². The summed E-state index contributed by atoms with van der Waals surface area (Å²) in [6.07, 6.45) is 0. The third-order valence-corrected chi connectivity index (χ3v) is 4.54. The Balaban J connectivity index is 1.75. The highest BCUT2D eigenvalue weighted by Crippen LogP contribution is 2.25. The predicted octanol–water partition coefficient (Wildman–Crippen LogP) is 4.55. The summed E-state index contributed by atoms with van der Waals surface area (Å²) in [5.74, 6) is 0.899. The largest absolute Gasteiger partial charge is 0.491 e. The van der Waals surface area contributed by atoms with Crippen LogP contribution in [0.5, 0.6) is 5.75 Å². The fraction of sp³-hybridized carbons (Fsp3) is 0.333. The number of ether oxygens (including phenoxy) is 1. The predicted molar refractivity (Wildman–Crippen MR) is 85.1 cm³/mol. The standard InChI is InChI=1S/C15H18BrNOS/c1-11-5-6-14(13(16)10-11)18-8-7-17-12(2)15-4-3-9-19-15/h3-6,9-10,12,17H,7-8H2,1-2H3. The van der Waals surface area contributed by atoms with E-state index in [1.165, 1.54) is 10.4 Å². The van der Waals surface area contributed by atoms with Gasteiger partial charge < -0.3 is 10.1 Å². The third-order valence-electron chi connectivity index (χ3n) is 2.87. The van der Waals surface area contributed by atoms with Gasteiger partial charge in [0.1, 0.15) is 12.4 Å². The molecule has 0 aliphatic rings. The van der Waals surface area contributed by atoms with Crippen LogP contribution >= 0.6 is 27.3 Å². The van der Waals surface area contributed by atoms with Gasteiger partial charge >= 0.3 is 0 Å². The summed E-state index contributed by atoms with van der Waals surface area (Å²) in [6.45, 7) is 5.74. The SMILES string of the molecule is Cc1ccc(OCCNC(C)c2cccs2)c(Br)c1. The summed E-state index contributed by atoms with van der Waals surface area (Å²) in [6, 6.07) is 10.7. The Kier molecular flexibility index (Phi) is 5.43. The van der Waals surface area contributed by atoms with E-state index in [-0.39, 0.29) is 0 Å². The molecule has 0 saturated carbocycles. The molecule has 2 nitrogen and oxygen atoms in total. The van der Waals surface area contributed by atoms with Gasteiger partial charge in [0, 0.05) is 17.5 Å². The monoisotopic (exact) mass is 339 g/mol. The molecule has 4 heteroatoms. The molecule has 19 heavy (non-hydrogen) atoms. The van der Waals surface area contributed by atoms with E-state index in [1.54, 1.807) is 11.3 Å². The number of benzene rings is 1. The lowest BCUT2D eigenvalue weighted by Gasteiger charge is -2.13. The molecule has 0 amide bonds. The van der Waals surface area contributed by atoms with Crippen molar-refractivity contribution in [3.8, 4) is 5.75 Å². The Morgan fingerprint density at radius 2 is 2.21 bits per heavy atom. The van der Waals surface area contributed by atoms with Gasteiger partial charge in [-0.25, -0.2) is 0 Å². The van der Waals surface area contributed by atoms with Gasteiger partial charge in [-0.15, -0.1) is 11.3 Å². The van der Waals surface area contributed by atoms with E-state index in [2.05, 4.69) is 64.7 Å². The van der Waals surface area contributed by atoms with Crippen LogP contribution in [0.1, 0.15) is 23.4 Å². The summed E-state index contributed by atoms with van der Waals surface area (Å²) < 4.78 is 6.77. The zero-order valence-corrected chi connectivity index (χ0v) is 13.6. The van der Waals surface area contributed by atoms with Gasteiger partial charge in [0.05, 0.1) is 4.47 Å². The van der Waals surface area contributed by atoms with E-state index in [0.29, 0.717) is 12.6 Å². The molecular weight excluding hydrogens is 322 g/mol. The minimum Gasteiger partial charge on any atom is -0.491 e. The molecule has 0 bridgehead atoms. The van der Waals surface area contributed by atoms with Crippen molar-refractivity contribution in [3.05, 3.63) is 50.6 Å². The van der Waals surface area contributed by atoms with Crippen LogP contribution < -0.4 is 10.1 Å². The van der Waals surface area contributed by atoms with Crippen molar-refractivity contribution in [1.29, 1.82) is 0 Å². The van der Waals surface area contributed by atoms with Crippen LogP contribution in [0.25, 0.3) is 0 Å². The highest BCUT2D eigenvalue weighted by atomic mass is 79.9. The molecule has 1 aromatic heterocycles. The number of halogens is 1. The van der Waals surface area contributed by atoms with Crippen molar-refractivity contribution in [2.75, 3.05) is 13.2 Å². The summed E-state index contributed by atoms with van der Waals surface area (Å²) in [4.78, 5) is 1.36. The Morgan fingerprint density at radius 3 is 2.89 bits per heavy atom. The van der Waals surface area contributed by atoms with Gasteiger partial charge in [0.25, 0.3) is 0 Å². The highest BCUT2D eigenvalue weighted by Gasteiger charge is 2.05. The lowest BCUT2D eigenvalue weighted by Crippen LogP contribution is -2.23. The molecule has 0 fully saturated rings. The first-order valence-electron chi connectivity index (χ1n) is 6.32. The second-order valence-electron chi connectivity index (χ2n) is 4.47. The summed E-state index contributed by atoms with van der Waals surface area (Å²) in [7, 11) is 0. The number of aryl methyl sites for hydroxylation is 1. The molecule has 1 unspecified atom stereocenters. The fourth-order valence-electron chi connectivity index (χ4n) is 1.80. The van der Waals surface area contributed by atoms with Gasteiger partial charge in [-0.3, -0.25) is 0 Å². The number of nitrogens with one attached hydrogen (secondary N) is 1. The Bertz CT molecular complexity index is 513. The van der Waals surface area contributed by atoms with Crippen LogP contribution in [0, 0.1) is 6.92 Å². The molecule has 0 aliphatic heterocycles. The fourth-order valence-corrected chi connectivity index (χ4v) is 3.16. The van der Waals surface area contributed by atoms with Crippen molar-refractivity contribution in [2.24, 2.45) is 0 Å². The van der Waals surface area contributed by atoms with Crippen LogP contribution in [0.3, 0.4) is 0 Å². The number of thiophene rings is 1. The maximum Gasteiger partial charge on any atom is 0.133 e. The number of rotatable bonds is 6. The molecule has 0 aliphatic carbocycles. The maximum atomic E-state index is 5.75. The second-order valence-corrected chi connectivity index (χ2v) is 6.31. The molecule has 0 spiro atoms. The van der Waals surface area contributed by atoms with E-state index in [1.807, 2.05) is 6.07 Å². The van der Waals surface area contributed by atoms with Crippen molar-refractivity contribution >= 4 is 27.3 Å². The first-order chi connectivity index (χ1) is 9.16. The molecule has 0 radical (unpaired) electrons. The Hall–Kier alpha value is -0.840. The topological polar surface area (TPSA) is 21.3 Å². The second kappa shape index (κ2) is 7.08. The normalized spacial score (nSPS) is 12.4. The molecule has 1 heterocycles. The van der Waals surface area contributed by atoms with Gasteiger partial charge in [-0.2, -0.15) is 0 Å². The molecule has 2 aromatic rings. The molecule has 1 N–H and O–H groups in total. The zero-order chi connectivity index (χ0) is 13.7. The molecule has 2 rings (SSSR count). The molecule has 102 valence electrons. The Morgan fingerprint density at radius 1 is 1.37 bits per heavy atom. The number of hydrogen-bond donors (Lipinski definition) is 1. The lowest BCUT2D eigenvalue weighted by atomic mass is 10.2. The van der Waals surface area contributed by atoms with Crippen LogP contribution in [0.15, 0.2) is 40.2 Å². The van der Waals surface area contributed by atoms with Gasteiger partial charge in [-0.05, 0) is 58.9 Å². The smallest absolute Gasteiger partial charge is 0.133 e. The van der Waals surface area contributed by atoms with Crippen LogP contribution in [0.4, 0.5) is 0 Å². The first-order valence-corrected chi connectivity index (χ1v) is 8.00. The maximum absolute atomic E-state index is 5.75. The average Bonchev–Trinajstić information content (AvgIpc) is 2.90. The van der Waals surface area contributed by atoms with Crippen LogP contribution in [0.2, 0.25) is 0 Å². The third kappa shape index (κ3) is 4.34. The highest BCUT2D eigenvalue weighted by molar-refractivity contribution is 9.10. The van der Waals surface area contributed by atoms with E-state index in [0.717, 1.165) is 16.8 Å². The molecule has 1 aromatic carbocycles. The van der Waals surface area contributed by atoms with E-state index < -0.39 is 0 Å². The van der Waals surface area contributed by atoms with Crippen molar-refractivity contribution < 1.29 is 4.74 Å². The summed E-state index contributed by atoms with van der Waals surface area (Å²) in [5.41, 5.74) is 1.23. The Labute approximate surface area is 126 Å². The zero-order valence-electron chi connectivity index (χ0n) is 11.2. The quantitative estimate of drug-likeness (QED) is 0.779. The average molecular weight is 340 g/mol. The van der Waals surface area contributed by atoms with Gasteiger partial charge in [0.2, 0.25) is 0 Å². The van der Waals surface area contributed by atoms with Crippen LogP contribution in [-0.4, -0.2) is 13.2 Å². The summed E-state index contributed by atoms with van der Waals surface area (Å²) >= 11 is 5.29. The van der Waals surface area contributed by atoms with E-state index in [9.17, 15) is 0 Å². The van der Waals surface area contributed by atoms with Crippen molar-refractivity contribution in [1.82, 2.24) is 5.32 Å². The van der Waals surface area contributed by atoms with Gasteiger partial charge in [0.15, 0.2) is 0 Å². The minimum atomic E-state index is 0.380. The minimum absolute atomic E-state index is 0.380. The van der Waals surface area contributed by atoms with Crippen molar-refractivity contribution in [3.63, 3.8) is 0 Å². The van der Waals surface area contributed by atoms with Gasteiger partial charge in [-0.1, -0.05) is 12.1 Å². The molecule has 1 atom stereocenters. The van der Waals surface area contributed by atoms with Crippen LogP contribution in [-0.2, 0) is 0 Å². The van der Waals surface area contributed by atoms with Crippen molar-refractivity contribution in [2.45, 2.75) is 19.9 Å². The first kappa shape index (κ1) is 14.6. The molecular formula is C15H18BrNOS. The summed E-state index contributed by atoms with van der Waals surface area (Å²) in [5, 5.41) is 5.56. The molecule has 0 saturated heterocycles.